The molecule has 3 aromatic rings. The van der Waals surface area contributed by atoms with E-state index in [-0.39, 0.29) is 0 Å². The molecule has 3 nitrogen and oxygen atoms in total. The highest BCUT2D eigenvalue weighted by Gasteiger charge is 2.11. The molecule has 2 aromatic heterocycles. The number of H-pyrrole nitrogens is 1. The van der Waals surface area contributed by atoms with E-state index in [0.717, 1.165) is 22.8 Å². The van der Waals surface area contributed by atoms with E-state index in [1.807, 2.05) is 23.7 Å². The minimum absolute atomic E-state index is 0.699. The molecule has 2 heterocycles. The second-order valence-corrected chi connectivity index (χ2v) is 4.13. The number of hydrogen-bond donors (Lipinski definition) is 1. The molecule has 0 spiro atoms. The molecule has 0 aliphatic heterocycles. The van der Waals surface area contributed by atoms with Gasteiger partial charge >= 0.3 is 0 Å². The Hall–Kier alpha value is -2.03. The Kier molecular flexibility index (Phi) is 1.72. The number of carbonyl (C=O) groups excluding carboxylic acids is 1. The molecular formula is C13H12N2O. The van der Waals surface area contributed by atoms with Crippen molar-refractivity contribution in [1.29, 1.82) is 0 Å². The monoisotopic (exact) mass is 212 g/mol. The number of fused-ring (bicyclic) bond motifs is 3. The zero-order chi connectivity index (χ0) is 11.3. The first-order valence-corrected chi connectivity index (χ1v) is 5.24. The number of carbonyl (C=O) groups is 1. The van der Waals surface area contributed by atoms with Gasteiger partial charge in [-0.05, 0) is 18.6 Å². The summed E-state index contributed by atoms with van der Waals surface area (Å²) in [6.45, 7) is 2.08. The van der Waals surface area contributed by atoms with E-state index in [9.17, 15) is 4.79 Å². The van der Waals surface area contributed by atoms with Crippen LogP contribution < -0.4 is 0 Å². The van der Waals surface area contributed by atoms with Crippen molar-refractivity contribution in [3.05, 3.63) is 35.5 Å². The molecule has 0 bridgehead atoms. The lowest BCUT2D eigenvalue weighted by Gasteiger charge is -1.96. The van der Waals surface area contributed by atoms with Crippen molar-refractivity contribution >= 4 is 28.2 Å². The summed E-state index contributed by atoms with van der Waals surface area (Å²) in [6.07, 6.45) is 0.884. The van der Waals surface area contributed by atoms with Gasteiger partial charge in [0.05, 0.1) is 11.2 Å². The second kappa shape index (κ2) is 2.98. The molecule has 3 rings (SSSR count). The quantitative estimate of drug-likeness (QED) is 0.619. The van der Waals surface area contributed by atoms with E-state index in [2.05, 4.69) is 24.0 Å². The highest BCUT2D eigenvalue weighted by molar-refractivity contribution is 6.09. The predicted octanol–water partition coefficient (Wildman–Crippen LogP) is 2.78. The molecule has 3 heteroatoms. The van der Waals surface area contributed by atoms with Crippen LogP contribution in [0, 0.1) is 6.92 Å². The van der Waals surface area contributed by atoms with Crippen molar-refractivity contribution < 1.29 is 4.79 Å². The lowest BCUT2D eigenvalue weighted by atomic mass is 10.1. The normalized spacial score (nSPS) is 11.4. The molecule has 0 fully saturated rings. The highest BCUT2D eigenvalue weighted by atomic mass is 16.1. The molecule has 0 aliphatic rings. The number of aromatic nitrogens is 2. The first-order chi connectivity index (χ1) is 7.72. The number of nitrogens with zero attached hydrogens (tertiary/aromatic N) is 1. The molecule has 0 atom stereocenters. The summed E-state index contributed by atoms with van der Waals surface area (Å²) in [4.78, 5) is 14.2. The third-order valence-electron chi connectivity index (χ3n) is 3.20. The topological polar surface area (TPSA) is 37.8 Å². The Morgan fingerprint density at radius 1 is 1.31 bits per heavy atom. The maximum atomic E-state index is 10.9. The minimum atomic E-state index is 0.699. The van der Waals surface area contributed by atoms with Crippen molar-refractivity contribution in [3.63, 3.8) is 0 Å². The summed E-state index contributed by atoms with van der Waals surface area (Å²) < 4.78 is 1.89. The minimum Gasteiger partial charge on any atom is -0.340 e. The van der Waals surface area contributed by atoms with Crippen molar-refractivity contribution in [2.75, 3.05) is 0 Å². The van der Waals surface area contributed by atoms with Crippen LogP contribution in [0.15, 0.2) is 24.3 Å². The second-order valence-electron chi connectivity index (χ2n) is 4.13. The van der Waals surface area contributed by atoms with Crippen molar-refractivity contribution in [2.24, 2.45) is 7.05 Å². The summed E-state index contributed by atoms with van der Waals surface area (Å²) in [5, 5.41) is 2.29. The van der Waals surface area contributed by atoms with E-state index >= 15 is 0 Å². The molecule has 0 unspecified atom stereocenters. The van der Waals surface area contributed by atoms with Crippen LogP contribution in [0.4, 0.5) is 0 Å². The average molecular weight is 212 g/mol. The maximum absolute atomic E-state index is 10.9. The third kappa shape index (κ3) is 0.999. The molecule has 0 aliphatic carbocycles. The van der Waals surface area contributed by atoms with Gasteiger partial charge in [0.15, 0.2) is 6.29 Å². The standard InChI is InChI=1S/C13H12N2O/c1-8-4-3-5-10-11-6-9(7-16)15(2)13(11)14-12(8)10/h3-7,14H,1-2H3. The molecule has 0 saturated carbocycles. The first-order valence-electron chi connectivity index (χ1n) is 5.24. The Bertz CT molecular complexity index is 703. The van der Waals surface area contributed by atoms with E-state index in [1.54, 1.807) is 0 Å². The van der Waals surface area contributed by atoms with Crippen LogP contribution >= 0.6 is 0 Å². The van der Waals surface area contributed by atoms with Gasteiger partial charge in [0.1, 0.15) is 5.65 Å². The number of aldehydes is 1. The van der Waals surface area contributed by atoms with Gasteiger partial charge in [-0.15, -0.1) is 0 Å². The lowest BCUT2D eigenvalue weighted by Crippen LogP contribution is -1.93. The zero-order valence-electron chi connectivity index (χ0n) is 9.24. The van der Waals surface area contributed by atoms with Crippen LogP contribution in [0.25, 0.3) is 21.9 Å². The predicted molar refractivity (Wildman–Crippen MR) is 64.9 cm³/mol. The van der Waals surface area contributed by atoms with Crippen LogP contribution in [-0.2, 0) is 7.05 Å². The van der Waals surface area contributed by atoms with Crippen molar-refractivity contribution in [3.8, 4) is 0 Å². The Labute approximate surface area is 92.7 Å². The number of nitrogens with one attached hydrogen (secondary N) is 1. The molecule has 80 valence electrons. The molecule has 0 amide bonds. The number of aryl methyl sites for hydroxylation is 2. The Morgan fingerprint density at radius 3 is 2.88 bits per heavy atom. The van der Waals surface area contributed by atoms with Gasteiger partial charge in [0, 0.05) is 17.8 Å². The van der Waals surface area contributed by atoms with Gasteiger partial charge in [0.25, 0.3) is 0 Å². The van der Waals surface area contributed by atoms with E-state index in [4.69, 9.17) is 0 Å². The smallest absolute Gasteiger partial charge is 0.166 e. The molecular weight excluding hydrogens is 200 g/mol. The van der Waals surface area contributed by atoms with E-state index < -0.39 is 0 Å². The van der Waals surface area contributed by atoms with Crippen LogP contribution in [-0.4, -0.2) is 15.8 Å². The van der Waals surface area contributed by atoms with Crippen LogP contribution in [0.1, 0.15) is 16.1 Å². The van der Waals surface area contributed by atoms with Gasteiger partial charge in [-0.1, -0.05) is 18.2 Å². The van der Waals surface area contributed by atoms with Gasteiger partial charge in [-0.3, -0.25) is 4.79 Å². The number of rotatable bonds is 1. The van der Waals surface area contributed by atoms with Gasteiger partial charge < -0.3 is 9.55 Å². The summed E-state index contributed by atoms with van der Waals surface area (Å²) in [5.41, 5.74) is 4.08. The highest BCUT2D eigenvalue weighted by Crippen LogP contribution is 2.28. The van der Waals surface area contributed by atoms with Gasteiger partial charge in [-0.25, -0.2) is 0 Å². The fourth-order valence-corrected chi connectivity index (χ4v) is 2.27. The van der Waals surface area contributed by atoms with E-state index in [0.29, 0.717) is 5.69 Å². The summed E-state index contributed by atoms with van der Waals surface area (Å²) >= 11 is 0. The Morgan fingerprint density at radius 2 is 2.12 bits per heavy atom. The number of para-hydroxylation sites is 1. The molecule has 1 N–H and O–H groups in total. The van der Waals surface area contributed by atoms with Crippen LogP contribution in [0.2, 0.25) is 0 Å². The van der Waals surface area contributed by atoms with Crippen molar-refractivity contribution in [1.82, 2.24) is 9.55 Å². The third-order valence-corrected chi connectivity index (χ3v) is 3.20. The molecule has 0 radical (unpaired) electrons. The number of aromatic amines is 1. The lowest BCUT2D eigenvalue weighted by molar-refractivity contribution is 0.111. The largest absolute Gasteiger partial charge is 0.340 e. The zero-order valence-corrected chi connectivity index (χ0v) is 9.24. The van der Waals surface area contributed by atoms with Gasteiger partial charge in [-0.2, -0.15) is 0 Å². The average Bonchev–Trinajstić information content (AvgIpc) is 2.78. The number of hydrogen-bond acceptors (Lipinski definition) is 1. The summed E-state index contributed by atoms with van der Waals surface area (Å²) in [7, 11) is 1.90. The fourth-order valence-electron chi connectivity index (χ4n) is 2.27. The summed E-state index contributed by atoms with van der Waals surface area (Å²) in [6, 6.07) is 8.13. The van der Waals surface area contributed by atoms with Gasteiger partial charge in [0.2, 0.25) is 0 Å². The SMILES string of the molecule is Cc1cccc2c1[nH]c1c2cc(C=O)n1C. The Balaban J connectivity index is 2.55. The van der Waals surface area contributed by atoms with Crippen molar-refractivity contribution in [2.45, 2.75) is 6.92 Å². The maximum Gasteiger partial charge on any atom is 0.166 e. The number of benzene rings is 1. The van der Waals surface area contributed by atoms with E-state index in [1.165, 1.54) is 10.9 Å². The molecule has 16 heavy (non-hydrogen) atoms. The fraction of sp³-hybridized carbons (Fsp3) is 0.154. The summed E-state index contributed by atoms with van der Waals surface area (Å²) in [5.74, 6) is 0. The first kappa shape index (κ1) is 9.21. The molecule has 1 aromatic carbocycles. The molecule has 0 saturated heterocycles. The van der Waals surface area contributed by atoms with Crippen LogP contribution in [0.3, 0.4) is 0 Å². The van der Waals surface area contributed by atoms with Crippen LogP contribution in [0.5, 0.6) is 0 Å².